The zero-order chi connectivity index (χ0) is 18.0. The summed E-state index contributed by atoms with van der Waals surface area (Å²) in [6.07, 6.45) is 5.54. The van der Waals surface area contributed by atoms with E-state index >= 15 is 0 Å². The van der Waals surface area contributed by atoms with Crippen LogP contribution in [-0.4, -0.2) is 71.2 Å². The highest BCUT2D eigenvalue weighted by atomic mass is 32.2. The van der Waals surface area contributed by atoms with Crippen LogP contribution in [0.25, 0.3) is 0 Å². The second-order valence-corrected chi connectivity index (χ2v) is 9.65. The fourth-order valence-corrected chi connectivity index (χ4v) is 6.36. The minimum Gasteiger partial charge on any atom is -0.297 e. The fourth-order valence-electron chi connectivity index (χ4n) is 4.31. The largest absolute Gasteiger partial charge is 0.297 e. The first kappa shape index (κ1) is 18.9. The number of unbranched alkanes of at least 4 members (excludes halogenated alkanes) is 2. The van der Waals surface area contributed by atoms with Crippen molar-refractivity contribution in [1.29, 1.82) is 0 Å². The molecule has 0 bridgehead atoms. The maximum absolute atomic E-state index is 12.3. The van der Waals surface area contributed by atoms with Gasteiger partial charge in [-0.05, 0) is 26.8 Å². The summed E-state index contributed by atoms with van der Waals surface area (Å²) in [7, 11) is -2.93. The molecule has 0 aromatic carbocycles. The van der Waals surface area contributed by atoms with Crippen molar-refractivity contribution in [2.45, 2.75) is 65.2 Å². The molecule has 142 valence electrons. The van der Waals surface area contributed by atoms with E-state index in [0.29, 0.717) is 11.5 Å². The van der Waals surface area contributed by atoms with E-state index in [4.69, 9.17) is 0 Å². The SMILES string of the molecule is CCCCCN1CCN(Cc2cnn(CC)c2C)[C@H]2CS(=O)(=O)C[C@H]21. The number of sulfone groups is 1. The van der Waals surface area contributed by atoms with Crippen LogP contribution in [0.15, 0.2) is 6.20 Å². The van der Waals surface area contributed by atoms with Crippen LogP contribution >= 0.6 is 0 Å². The normalized spacial score (nSPS) is 26.8. The minimum atomic E-state index is -2.93. The Labute approximate surface area is 152 Å². The van der Waals surface area contributed by atoms with Gasteiger partial charge in [0.1, 0.15) is 0 Å². The first-order valence-electron chi connectivity index (χ1n) is 9.65. The fraction of sp³-hybridized carbons (Fsp3) is 0.833. The third kappa shape index (κ3) is 4.09. The Bertz CT molecular complexity index is 685. The van der Waals surface area contributed by atoms with Gasteiger partial charge in [-0.3, -0.25) is 14.5 Å². The number of hydrogen-bond acceptors (Lipinski definition) is 5. The number of hydrogen-bond donors (Lipinski definition) is 0. The van der Waals surface area contributed by atoms with E-state index in [1.165, 1.54) is 30.5 Å². The second kappa shape index (κ2) is 7.76. The lowest BCUT2D eigenvalue weighted by Crippen LogP contribution is -2.58. The van der Waals surface area contributed by atoms with Crippen molar-refractivity contribution >= 4 is 9.84 Å². The van der Waals surface area contributed by atoms with Crippen LogP contribution in [0.5, 0.6) is 0 Å². The van der Waals surface area contributed by atoms with Crippen molar-refractivity contribution < 1.29 is 8.42 Å². The number of aryl methyl sites for hydroxylation is 1. The molecule has 0 radical (unpaired) electrons. The molecule has 2 aliphatic rings. The Hall–Kier alpha value is -0.920. The quantitative estimate of drug-likeness (QED) is 0.686. The summed E-state index contributed by atoms with van der Waals surface area (Å²) in [5.74, 6) is 0.635. The van der Waals surface area contributed by atoms with E-state index in [1.54, 1.807) is 0 Å². The molecular weight excluding hydrogens is 336 g/mol. The molecule has 2 atom stereocenters. The van der Waals surface area contributed by atoms with Gasteiger partial charge in [0, 0.05) is 49.5 Å². The summed E-state index contributed by atoms with van der Waals surface area (Å²) in [4.78, 5) is 4.82. The van der Waals surface area contributed by atoms with Crippen LogP contribution in [0, 0.1) is 6.92 Å². The third-order valence-electron chi connectivity index (χ3n) is 5.83. The lowest BCUT2D eigenvalue weighted by atomic mass is 10.0. The molecule has 0 saturated carbocycles. The predicted octanol–water partition coefficient (Wildman–Crippen LogP) is 1.68. The molecule has 1 aromatic rings. The van der Waals surface area contributed by atoms with Crippen LogP contribution in [0.1, 0.15) is 44.4 Å². The van der Waals surface area contributed by atoms with Gasteiger partial charge in [0.2, 0.25) is 0 Å². The van der Waals surface area contributed by atoms with E-state index < -0.39 is 9.84 Å². The van der Waals surface area contributed by atoms with Crippen LogP contribution < -0.4 is 0 Å². The van der Waals surface area contributed by atoms with Crippen LogP contribution in [0.4, 0.5) is 0 Å². The van der Waals surface area contributed by atoms with Crippen LogP contribution in [0.3, 0.4) is 0 Å². The predicted molar refractivity (Wildman–Crippen MR) is 100 cm³/mol. The monoisotopic (exact) mass is 368 g/mol. The Morgan fingerprint density at radius 1 is 1.12 bits per heavy atom. The van der Waals surface area contributed by atoms with Crippen molar-refractivity contribution in [2.75, 3.05) is 31.1 Å². The minimum absolute atomic E-state index is 0.129. The van der Waals surface area contributed by atoms with Crippen molar-refractivity contribution in [1.82, 2.24) is 19.6 Å². The van der Waals surface area contributed by atoms with Crippen molar-refractivity contribution in [3.05, 3.63) is 17.5 Å². The molecule has 0 unspecified atom stereocenters. The molecule has 2 aliphatic heterocycles. The van der Waals surface area contributed by atoms with Gasteiger partial charge < -0.3 is 0 Å². The highest BCUT2D eigenvalue weighted by molar-refractivity contribution is 7.91. The Morgan fingerprint density at radius 3 is 2.44 bits per heavy atom. The van der Waals surface area contributed by atoms with E-state index in [2.05, 4.69) is 35.7 Å². The molecule has 3 rings (SSSR count). The Morgan fingerprint density at radius 2 is 1.80 bits per heavy atom. The Balaban J connectivity index is 1.73. The molecule has 25 heavy (non-hydrogen) atoms. The molecule has 7 heteroatoms. The number of nitrogens with zero attached hydrogens (tertiary/aromatic N) is 4. The van der Waals surface area contributed by atoms with Gasteiger partial charge >= 0.3 is 0 Å². The zero-order valence-electron chi connectivity index (χ0n) is 15.8. The van der Waals surface area contributed by atoms with E-state index in [1.807, 2.05) is 10.9 Å². The summed E-state index contributed by atoms with van der Waals surface area (Å²) in [5, 5.41) is 4.44. The molecule has 0 amide bonds. The van der Waals surface area contributed by atoms with Gasteiger partial charge in [0.15, 0.2) is 9.84 Å². The Kier molecular flexibility index (Phi) is 5.85. The average Bonchev–Trinajstić information content (AvgIpc) is 3.09. The highest BCUT2D eigenvalue weighted by Gasteiger charge is 2.46. The number of piperazine rings is 1. The third-order valence-corrected chi connectivity index (χ3v) is 7.53. The smallest absolute Gasteiger partial charge is 0.153 e. The molecule has 0 N–H and O–H groups in total. The lowest BCUT2D eigenvalue weighted by Gasteiger charge is -2.44. The molecule has 1 aromatic heterocycles. The van der Waals surface area contributed by atoms with Gasteiger partial charge in [0.25, 0.3) is 0 Å². The molecular formula is C18H32N4O2S. The van der Waals surface area contributed by atoms with E-state index in [0.717, 1.165) is 32.7 Å². The van der Waals surface area contributed by atoms with Crippen molar-refractivity contribution in [3.63, 3.8) is 0 Å². The summed E-state index contributed by atoms with van der Waals surface area (Å²) in [5.41, 5.74) is 2.43. The van der Waals surface area contributed by atoms with Gasteiger partial charge in [-0.2, -0.15) is 5.10 Å². The maximum atomic E-state index is 12.3. The molecule has 3 heterocycles. The molecule has 2 fully saturated rings. The number of aromatic nitrogens is 2. The van der Waals surface area contributed by atoms with Crippen molar-refractivity contribution in [2.24, 2.45) is 0 Å². The standard InChI is InChI=1S/C18H32N4O2S/c1-4-6-7-8-20-9-10-21(18-14-25(23,24)13-17(18)20)12-16-11-19-22(5-2)15(16)3/h11,17-18H,4-10,12-14H2,1-3H3/t17-,18+/m1/s1. The maximum Gasteiger partial charge on any atom is 0.153 e. The molecule has 6 nitrogen and oxygen atoms in total. The van der Waals surface area contributed by atoms with Gasteiger partial charge in [-0.25, -0.2) is 8.42 Å². The first-order chi connectivity index (χ1) is 11.9. The average molecular weight is 369 g/mol. The lowest BCUT2D eigenvalue weighted by molar-refractivity contribution is 0.0393. The summed E-state index contributed by atoms with van der Waals surface area (Å²) >= 11 is 0. The van der Waals surface area contributed by atoms with Crippen molar-refractivity contribution in [3.8, 4) is 0 Å². The molecule has 2 saturated heterocycles. The number of rotatable bonds is 7. The van der Waals surface area contributed by atoms with Gasteiger partial charge in [-0.1, -0.05) is 19.8 Å². The van der Waals surface area contributed by atoms with Gasteiger partial charge in [-0.15, -0.1) is 0 Å². The molecule has 0 spiro atoms. The first-order valence-corrected chi connectivity index (χ1v) is 11.5. The number of fused-ring (bicyclic) bond motifs is 1. The zero-order valence-corrected chi connectivity index (χ0v) is 16.6. The van der Waals surface area contributed by atoms with Gasteiger partial charge in [0.05, 0.1) is 17.7 Å². The topological polar surface area (TPSA) is 58.4 Å². The summed E-state index contributed by atoms with van der Waals surface area (Å²) in [6, 6.07) is 0.293. The molecule has 0 aliphatic carbocycles. The van der Waals surface area contributed by atoms with E-state index in [9.17, 15) is 8.42 Å². The summed E-state index contributed by atoms with van der Waals surface area (Å²) in [6.45, 7) is 11.0. The second-order valence-electron chi connectivity index (χ2n) is 7.50. The van der Waals surface area contributed by atoms with Crippen LogP contribution in [-0.2, 0) is 22.9 Å². The highest BCUT2D eigenvalue weighted by Crippen LogP contribution is 2.29. The van der Waals surface area contributed by atoms with E-state index in [-0.39, 0.29) is 12.1 Å². The van der Waals surface area contributed by atoms with Crippen LogP contribution in [0.2, 0.25) is 0 Å². The summed E-state index contributed by atoms with van der Waals surface area (Å²) < 4.78 is 26.6.